The van der Waals surface area contributed by atoms with Gasteiger partial charge in [0.25, 0.3) is 0 Å². The van der Waals surface area contributed by atoms with Crippen LogP contribution >= 0.6 is 12.2 Å². The van der Waals surface area contributed by atoms with Crippen LogP contribution in [0.2, 0.25) is 0 Å². The van der Waals surface area contributed by atoms with E-state index in [1.807, 2.05) is 4.90 Å². The molecule has 0 aromatic heterocycles. The van der Waals surface area contributed by atoms with E-state index in [0.717, 1.165) is 5.56 Å². The molecule has 0 radical (unpaired) electrons. The Kier molecular flexibility index (Phi) is 4.29. The Balaban J connectivity index is 2.29. The highest BCUT2D eigenvalue weighted by atomic mass is 32.1. The van der Waals surface area contributed by atoms with Gasteiger partial charge in [0.2, 0.25) is 0 Å². The molecule has 2 N–H and O–H groups in total. The maximum atomic E-state index is 13.8. The fourth-order valence-electron chi connectivity index (χ4n) is 2.02. The predicted molar refractivity (Wildman–Crippen MR) is 80.8 cm³/mol. The first-order valence-corrected chi connectivity index (χ1v) is 6.43. The average molecular weight is 292 g/mol. The van der Waals surface area contributed by atoms with Crippen molar-refractivity contribution in [2.75, 3.05) is 11.9 Å². The monoisotopic (exact) mass is 292 g/mol. The molecular weight excluding hydrogens is 278 g/mol. The number of nitrogens with two attached hydrogens (primary N) is 1. The standard InChI is InChI=1S/C15H14F2N2S/c1-19(9-10-5-7-11(16)8-6-10)13-4-2-3-12(17)14(13)15(18)20/h2-8H,9H2,1H3,(H2,18,20). The highest BCUT2D eigenvalue weighted by molar-refractivity contribution is 7.80. The second-order valence-electron chi connectivity index (χ2n) is 4.48. The number of hydrogen-bond donors (Lipinski definition) is 1. The van der Waals surface area contributed by atoms with E-state index in [1.165, 1.54) is 18.2 Å². The van der Waals surface area contributed by atoms with Gasteiger partial charge in [0, 0.05) is 19.3 Å². The zero-order valence-corrected chi connectivity index (χ0v) is 11.8. The molecule has 0 bridgehead atoms. The van der Waals surface area contributed by atoms with E-state index in [2.05, 4.69) is 0 Å². The van der Waals surface area contributed by atoms with Crippen LogP contribution in [0, 0.1) is 11.6 Å². The molecule has 0 saturated heterocycles. The van der Waals surface area contributed by atoms with Gasteiger partial charge in [-0.2, -0.15) is 0 Å². The number of halogens is 2. The minimum absolute atomic E-state index is 0.0176. The zero-order chi connectivity index (χ0) is 14.7. The number of thiocarbonyl (C=S) groups is 1. The lowest BCUT2D eigenvalue weighted by atomic mass is 10.1. The third kappa shape index (κ3) is 3.11. The van der Waals surface area contributed by atoms with E-state index in [1.54, 1.807) is 31.3 Å². The van der Waals surface area contributed by atoms with Crippen LogP contribution in [-0.4, -0.2) is 12.0 Å². The third-order valence-electron chi connectivity index (χ3n) is 2.98. The van der Waals surface area contributed by atoms with Crippen molar-refractivity contribution in [3.8, 4) is 0 Å². The Hall–Kier alpha value is -2.01. The van der Waals surface area contributed by atoms with E-state index in [0.29, 0.717) is 12.2 Å². The van der Waals surface area contributed by atoms with E-state index in [-0.39, 0.29) is 16.4 Å². The summed E-state index contributed by atoms with van der Waals surface area (Å²) in [7, 11) is 1.81. The number of nitrogens with zero attached hydrogens (tertiary/aromatic N) is 1. The van der Waals surface area contributed by atoms with Crippen LogP contribution in [-0.2, 0) is 6.54 Å². The number of anilines is 1. The van der Waals surface area contributed by atoms with Crippen LogP contribution in [0.4, 0.5) is 14.5 Å². The molecule has 2 nitrogen and oxygen atoms in total. The highest BCUT2D eigenvalue weighted by Crippen LogP contribution is 2.23. The van der Waals surface area contributed by atoms with Crippen molar-refractivity contribution in [2.45, 2.75) is 6.54 Å². The second-order valence-corrected chi connectivity index (χ2v) is 4.92. The molecule has 2 aromatic rings. The Morgan fingerprint density at radius 1 is 1.15 bits per heavy atom. The summed E-state index contributed by atoms with van der Waals surface area (Å²) in [4.78, 5) is 1.84. The van der Waals surface area contributed by atoms with Gasteiger partial charge in [0.1, 0.15) is 16.6 Å². The topological polar surface area (TPSA) is 29.3 Å². The SMILES string of the molecule is CN(Cc1ccc(F)cc1)c1cccc(F)c1C(N)=S. The molecule has 5 heteroatoms. The molecule has 0 aliphatic carbocycles. The molecule has 104 valence electrons. The van der Waals surface area contributed by atoms with Crippen molar-refractivity contribution < 1.29 is 8.78 Å². The molecule has 0 atom stereocenters. The largest absolute Gasteiger partial charge is 0.389 e. The lowest BCUT2D eigenvalue weighted by molar-refractivity contribution is 0.624. The summed E-state index contributed by atoms with van der Waals surface area (Å²) in [6.45, 7) is 0.499. The van der Waals surface area contributed by atoms with Crippen LogP contribution < -0.4 is 10.6 Å². The van der Waals surface area contributed by atoms with Crippen LogP contribution in [0.15, 0.2) is 42.5 Å². The first-order valence-electron chi connectivity index (χ1n) is 6.03. The molecule has 2 rings (SSSR count). The number of rotatable bonds is 4. The molecule has 0 aliphatic heterocycles. The van der Waals surface area contributed by atoms with E-state index in [9.17, 15) is 8.78 Å². The minimum atomic E-state index is -0.444. The van der Waals surface area contributed by atoms with E-state index in [4.69, 9.17) is 18.0 Å². The molecule has 0 spiro atoms. The number of hydrogen-bond acceptors (Lipinski definition) is 2. The normalized spacial score (nSPS) is 10.3. The van der Waals surface area contributed by atoms with Crippen molar-refractivity contribution in [1.82, 2.24) is 0 Å². The molecule has 0 fully saturated rings. The van der Waals surface area contributed by atoms with Crippen LogP contribution in [0.3, 0.4) is 0 Å². The molecule has 0 aliphatic rings. The molecule has 0 unspecified atom stereocenters. The number of benzene rings is 2. The Labute approximate surface area is 121 Å². The summed E-state index contributed by atoms with van der Waals surface area (Å²) in [6, 6.07) is 10.8. The summed E-state index contributed by atoms with van der Waals surface area (Å²) in [5.74, 6) is -0.730. The quantitative estimate of drug-likeness (QED) is 0.877. The van der Waals surface area contributed by atoms with Gasteiger partial charge in [-0.15, -0.1) is 0 Å². The average Bonchev–Trinajstić information content (AvgIpc) is 2.40. The summed E-state index contributed by atoms with van der Waals surface area (Å²) in [6.07, 6.45) is 0. The molecule has 2 aromatic carbocycles. The molecule has 0 amide bonds. The smallest absolute Gasteiger partial charge is 0.135 e. The van der Waals surface area contributed by atoms with Gasteiger partial charge in [-0.05, 0) is 29.8 Å². The van der Waals surface area contributed by atoms with Gasteiger partial charge < -0.3 is 10.6 Å². The van der Waals surface area contributed by atoms with Crippen molar-refractivity contribution in [3.05, 3.63) is 65.2 Å². The summed E-state index contributed by atoms with van der Waals surface area (Å²) >= 11 is 4.90. The van der Waals surface area contributed by atoms with Gasteiger partial charge in [0.05, 0.1) is 5.56 Å². The maximum absolute atomic E-state index is 13.8. The van der Waals surface area contributed by atoms with E-state index < -0.39 is 5.82 Å². The van der Waals surface area contributed by atoms with Crippen LogP contribution in [0.25, 0.3) is 0 Å². The minimum Gasteiger partial charge on any atom is -0.389 e. The van der Waals surface area contributed by atoms with Crippen molar-refractivity contribution >= 4 is 22.9 Å². The predicted octanol–water partition coefficient (Wildman–Crippen LogP) is 3.24. The lowest BCUT2D eigenvalue weighted by Gasteiger charge is -2.22. The molecule has 0 saturated carbocycles. The van der Waals surface area contributed by atoms with E-state index >= 15 is 0 Å². The van der Waals surface area contributed by atoms with Gasteiger partial charge in [-0.3, -0.25) is 0 Å². The first kappa shape index (κ1) is 14.4. The lowest BCUT2D eigenvalue weighted by Crippen LogP contribution is -2.22. The van der Waals surface area contributed by atoms with Gasteiger partial charge in [-0.25, -0.2) is 8.78 Å². The molecular formula is C15H14F2N2S. The molecule has 0 heterocycles. The summed E-state index contributed by atoms with van der Waals surface area (Å²) in [5, 5.41) is 0. The van der Waals surface area contributed by atoms with Crippen molar-refractivity contribution in [3.63, 3.8) is 0 Å². The maximum Gasteiger partial charge on any atom is 0.135 e. The Morgan fingerprint density at radius 2 is 1.80 bits per heavy atom. The fourth-order valence-corrected chi connectivity index (χ4v) is 2.23. The fraction of sp³-hybridized carbons (Fsp3) is 0.133. The second kappa shape index (κ2) is 5.96. The summed E-state index contributed by atoms with van der Waals surface area (Å²) < 4.78 is 26.7. The van der Waals surface area contributed by atoms with Crippen LogP contribution in [0.1, 0.15) is 11.1 Å². The highest BCUT2D eigenvalue weighted by Gasteiger charge is 2.14. The zero-order valence-electron chi connectivity index (χ0n) is 10.9. The molecule has 20 heavy (non-hydrogen) atoms. The van der Waals surface area contributed by atoms with Gasteiger partial charge in [-0.1, -0.05) is 30.4 Å². The Morgan fingerprint density at radius 3 is 2.40 bits per heavy atom. The van der Waals surface area contributed by atoms with Crippen LogP contribution in [0.5, 0.6) is 0 Å². The Bertz CT molecular complexity index is 626. The van der Waals surface area contributed by atoms with Crippen molar-refractivity contribution in [1.29, 1.82) is 0 Å². The first-order chi connectivity index (χ1) is 9.49. The summed E-state index contributed by atoms with van der Waals surface area (Å²) in [5.41, 5.74) is 7.33. The third-order valence-corrected chi connectivity index (χ3v) is 3.19. The van der Waals surface area contributed by atoms with Gasteiger partial charge >= 0.3 is 0 Å². The van der Waals surface area contributed by atoms with Gasteiger partial charge in [0.15, 0.2) is 0 Å². The van der Waals surface area contributed by atoms with Crippen molar-refractivity contribution in [2.24, 2.45) is 5.73 Å².